The summed E-state index contributed by atoms with van der Waals surface area (Å²) < 4.78 is 2.17. The van der Waals surface area contributed by atoms with Crippen LogP contribution in [-0.2, 0) is 0 Å². The number of benzene rings is 7. The second-order valence-corrected chi connectivity index (χ2v) is 11.8. The number of hydrogen-bond donors (Lipinski definition) is 2. The number of anilines is 2. The first kappa shape index (κ1) is 27.6. The molecule has 2 heterocycles. The summed E-state index contributed by atoms with van der Waals surface area (Å²) in [7, 11) is 0. The summed E-state index contributed by atoms with van der Waals surface area (Å²) in [4.78, 5) is 15.3. The molecule has 48 heavy (non-hydrogen) atoms. The maximum absolute atomic E-state index is 8.69. The van der Waals surface area contributed by atoms with Crippen molar-refractivity contribution >= 4 is 60.9 Å². The largest absolute Gasteiger partial charge is 0.355 e. The van der Waals surface area contributed by atoms with Gasteiger partial charge in [-0.3, -0.25) is 4.57 Å². The molecule has 0 bridgehead atoms. The van der Waals surface area contributed by atoms with Crippen LogP contribution in [0.25, 0.3) is 72.1 Å². The number of hydrogen-bond acceptors (Lipinski definition) is 5. The van der Waals surface area contributed by atoms with E-state index in [2.05, 4.69) is 64.5 Å². The molecule has 9 aromatic rings. The van der Waals surface area contributed by atoms with Crippen molar-refractivity contribution in [2.45, 2.75) is 0 Å². The van der Waals surface area contributed by atoms with Crippen LogP contribution in [0.1, 0.15) is 5.56 Å². The number of para-hydroxylation sites is 1. The minimum atomic E-state index is 0.517. The Balaban J connectivity index is 1.44. The first-order chi connectivity index (χ1) is 23.8. The van der Waals surface area contributed by atoms with E-state index in [0.717, 1.165) is 71.4 Å². The van der Waals surface area contributed by atoms with Crippen molar-refractivity contribution in [1.82, 2.24) is 19.5 Å². The van der Waals surface area contributed by atoms with Gasteiger partial charge in [0.25, 0.3) is 0 Å². The fourth-order valence-electron chi connectivity index (χ4n) is 6.75. The molecule has 6 heteroatoms. The number of aromatic nitrogens is 4. The van der Waals surface area contributed by atoms with Crippen LogP contribution in [0.4, 0.5) is 11.4 Å². The van der Waals surface area contributed by atoms with Crippen LogP contribution in [0.5, 0.6) is 0 Å². The topological polar surface area (TPSA) is 79.5 Å². The Morgan fingerprint density at radius 2 is 1.12 bits per heavy atom. The number of nitrogens with one attached hydrogen (secondary N) is 2. The maximum Gasteiger partial charge on any atom is 0.238 e. The highest BCUT2D eigenvalue weighted by Crippen LogP contribution is 2.42. The molecule has 0 amide bonds. The fraction of sp³-hybridized carbons (Fsp3) is 0. The number of nitrogens with zero attached hydrogens (tertiary/aromatic N) is 4. The van der Waals surface area contributed by atoms with Crippen molar-refractivity contribution in [2.75, 3.05) is 5.32 Å². The molecule has 0 aliphatic rings. The quantitative estimate of drug-likeness (QED) is 0.144. The van der Waals surface area contributed by atoms with Gasteiger partial charge in [0, 0.05) is 50.4 Å². The Kier molecular flexibility index (Phi) is 6.50. The van der Waals surface area contributed by atoms with Crippen molar-refractivity contribution in [3.8, 4) is 28.7 Å². The summed E-state index contributed by atoms with van der Waals surface area (Å²) >= 11 is 0. The van der Waals surface area contributed by atoms with E-state index in [-0.39, 0.29) is 0 Å². The zero-order valence-electron chi connectivity index (χ0n) is 25.8. The molecule has 0 saturated carbocycles. The first-order valence-corrected chi connectivity index (χ1v) is 15.9. The van der Waals surface area contributed by atoms with E-state index in [1.165, 1.54) is 6.21 Å². The Morgan fingerprint density at radius 3 is 1.81 bits per heavy atom. The molecule has 0 unspecified atom stereocenters. The van der Waals surface area contributed by atoms with Crippen molar-refractivity contribution in [3.63, 3.8) is 0 Å². The lowest BCUT2D eigenvalue weighted by molar-refractivity contribution is 0.955. The summed E-state index contributed by atoms with van der Waals surface area (Å²) in [6.45, 7) is 0. The van der Waals surface area contributed by atoms with Gasteiger partial charge in [0.1, 0.15) is 0 Å². The standard InChI is InChI=1S/C42H28N6/c43-26-34-35(44-31-17-8-3-9-18-31)24-25-36-38(34)33-23-22-28-21-20-27-12-10-11-19-32(27)37(28)39(33)48(36)42-46-40(29-13-4-1-5-14-29)45-41(47-42)30-15-6-2-7-16-30/h1-26,43-44H. The average molecular weight is 617 g/mol. The highest BCUT2D eigenvalue weighted by molar-refractivity contribution is 6.28. The molecule has 0 fully saturated rings. The molecule has 0 saturated heterocycles. The van der Waals surface area contributed by atoms with Gasteiger partial charge in [-0.15, -0.1) is 0 Å². The van der Waals surface area contributed by atoms with E-state index in [1.807, 2.05) is 97.1 Å². The Morgan fingerprint density at radius 1 is 0.521 bits per heavy atom. The van der Waals surface area contributed by atoms with Crippen molar-refractivity contribution in [3.05, 3.63) is 157 Å². The molecule has 0 aliphatic carbocycles. The van der Waals surface area contributed by atoms with Gasteiger partial charge in [-0.25, -0.2) is 4.98 Å². The van der Waals surface area contributed by atoms with E-state index >= 15 is 0 Å². The van der Waals surface area contributed by atoms with E-state index in [1.54, 1.807) is 0 Å². The lowest BCUT2D eigenvalue weighted by Crippen LogP contribution is -2.07. The highest BCUT2D eigenvalue weighted by atomic mass is 15.2. The molecule has 0 radical (unpaired) electrons. The number of fused-ring (bicyclic) bond motifs is 7. The van der Waals surface area contributed by atoms with Crippen LogP contribution in [0.15, 0.2) is 152 Å². The molecule has 2 N–H and O–H groups in total. The highest BCUT2D eigenvalue weighted by Gasteiger charge is 2.23. The van der Waals surface area contributed by atoms with Gasteiger partial charge in [-0.2, -0.15) is 9.97 Å². The van der Waals surface area contributed by atoms with E-state index in [4.69, 9.17) is 20.4 Å². The summed E-state index contributed by atoms with van der Waals surface area (Å²) in [5, 5.41) is 18.7. The fourth-order valence-corrected chi connectivity index (χ4v) is 6.75. The molecule has 6 nitrogen and oxygen atoms in total. The van der Waals surface area contributed by atoms with Gasteiger partial charge >= 0.3 is 0 Å². The van der Waals surface area contributed by atoms with Gasteiger partial charge < -0.3 is 10.7 Å². The monoisotopic (exact) mass is 616 g/mol. The van der Waals surface area contributed by atoms with Crippen LogP contribution in [0.3, 0.4) is 0 Å². The van der Waals surface area contributed by atoms with Gasteiger partial charge in [0.05, 0.1) is 11.0 Å². The van der Waals surface area contributed by atoms with E-state index in [0.29, 0.717) is 17.6 Å². The number of rotatable bonds is 6. The van der Waals surface area contributed by atoms with E-state index in [9.17, 15) is 0 Å². The third-order valence-electron chi connectivity index (χ3n) is 8.92. The van der Waals surface area contributed by atoms with Crippen LogP contribution in [0.2, 0.25) is 0 Å². The molecule has 0 aliphatic heterocycles. The van der Waals surface area contributed by atoms with Gasteiger partial charge in [-0.05, 0) is 40.4 Å². The van der Waals surface area contributed by atoms with Crippen LogP contribution in [0, 0.1) is 5.41 Å². The maximum atomic E-state index is 8.69. The third kappa shape index (κ3) is 4.50. The smallest absolute Gasteiger partial charge is 0.238 e. The van der Waals surface area contributed by atoms with Crippen molar-refractivity contribution in [2.24, 2.45) is 0 Å². The Labute approximate surface area is 276 Å². The van der Waals surface area contributed by atoms with Crippen LogP contribution in [-0.4, -0.2) is 25.7 Å². The lowest BCUT2D eigenvalue weighted by Gasteiger charge is -2.13. The molecule has 0 spiro atoms. The van der Waals surface area contributed by atoms with Crippen LogP contribution >= 0.6 is 0 Å². The van der Waals surface area contributed by atoms with Gasteiger partial charge in [0.2, 0.25) is 5.95 Å². The predicted molar refractivity (Wildman–Crippen MR) is 198 cm³/mol. The predicted octanol–water partition coefficient (Wildman–Crippen LogP) is 10.4. The minimum Gasteiger partial charge on any atom is -0.355 e. The first-order valence-electron chi connectivity index (χ1n) is 15.9. The zero-order chi connectivity index (χ0) is 32.0. The summed E-state index contributed by atoms with van der Waals surface area (Å²) in [5.41, 5.74) is 6.31. The molecule has 0 atom stereocenters. The van der Waals surface area contributed by atoms with Crippen molar-refractivity contribution < 1.29 is 0 Å². The van der Waals surface area contributed by atoms with Gasteiger partial charge in [-0.1, -0.05) is 127 Å². The Bertz CT molecular complexity index is 2590. The zero-order valence-corrected chi connectivity index (χ0v) is 25.8. The minimum absolute atomic E-state index is 0.517. The van der Waals surface area contributed by atoms with Crippen LogP contribution < -0.4 is 5.32 Å². The van der Waals surface area contributed by atoms with Gasteiger partial charge in [0.15, 0.2) is 11.6 Å². The van der Waals surface area contributed by atoms with Crippen molar-refractivity contribution in [1.29, 1.82) is 5.41 Å². The second kappa shape index (κ2) is 11.3. The summed E-state index contributed by atoms with van der Waals surface area (Å²) in [6.07, 6.45) is 1.45. The lowest BCUT2D eigenvalue weighted by atomic mass is 9.98. The molecule has 226 valence electrons. The molecule has 7 aromatic carbocycles. The Hall–Kier alpha value is -6.66. The summed E-state index contributed by atoms with van der Waals surface area (Å²) in [5.74, 6) is 1.70. The average Bonchev–Trinajstić information content (AvgIpc) is 3.50. The normalized spacial score (nSPS) is 11.4. The molecule has 9 rings (SSSR count). The summed E-state index contributed by atoms with van der Waals surface area (Å²) in [6, 6.07) is 51.5. The second-order valence-electron chi connectivity index (χ2n) is 11.8. The third-order valence-corrected chi connectivity index (χ3v) is 8.92. The molecular weight excluding hydrogens is 589 g/mol. The molecular formula is C42H28N6. The SMILES string of the molecule is N=Cc1c(Nc2ccccc2)ccc2c1c1ccc3ccc4ccccc4c3c1n2-c1nc(-c2ccccc2)nc(-c2ccccc2)n1. The molecule has 2 aromatic heterocycles. The van der Waals surface area contributed by atoms with E-state index < -0.39 is 0 Å².